The van der Waals surface area contributed by atoms with Crippen molar-refractivity contribution in [1.82, 2.24) is 15.0 Å². The molecule has 6 heteroatoms. The van der Waals surface area contributed by atoms with E-state index in [9.17, 15) is 4.79 Å². The molecular formula is C27H26N4O2. The van der Waals surface area contributed by atoms with Gasteiger partial charge in [0.2, 0.25) is 0 Å². The van der Waals surface area contributed by atoms with E-state index in [1.807, 2.05) is 55.5 Å². The zero-order chi connectivity index (χ0) is 23.2. The maximum Gasteiger partial charge on any atom is 0.257 e. The number of hydrogen-bond acceptors (Lipinski definition) is 5. The van der Waals surface area contributed by atoms with E-state index in [-0.39, 0.29) is 11.8 Å². The molecule has 2 heterocycles. The van der Waals surface area contributed by atoms with Crippen molar-refractivity contribution in [3.63, 3.8) is 0 Å². The van der Waals surface area contributed by atoms with Gasteiger partial charge in [-0.3, -0.25) is 14.8 Å². The Morgan fingerprint density at radius 1 is 1.03 bits per heavy atom. The predicted molar refractivity (Wildman–Crippen MR) is 130 cm³/mol. The lowest BCUT2D eigenvalue weighted by Gasteiger charge is -2.14. The number of amides is 1. The zero-order valence-electron chi connectivity index (χ0n) is 18.9. The minimum atomic E-state index is -0.177. The third-order valence-corrected chi connectivity index (χ3v) is 5.45. The fraction of sp³-hybridized carbons (Fsp3) is 0.185. The highest BCUT2D eigenvalue weighted by atomic mass is 16.5. The molecule has 0 bridgehead atoms. The number of methoxy groups -OCH3 is 1. The maximum absolute atomic E-state index is 12.5. The summed E-state index contributed by atoms with van der Waals surface area (Å²) in [6.45, 7) is 4.04. The number of rotatable bonds is 7. The van der Waals surface area contributed by atoms with E-state index in [1.54, 1.807) is 31.8 Å². The van der Waals surface area contributed by atoms with Crippen LogP contribution in [0.5, 0.6) is 5.75 Å². The molecule has 2 aromatic heterocycles. The molecule has 0 aliphatic rings. The van der Waals surface area contributed by atoms with Crippen LogP contribution in [0.15, 0.2) is 79.3 Å². The molecule has 0 aliphatic carbocycles. The molecule has 1 N–H and O–H groups in total. The Kier molecular flexibility index (Phi) is 6.74. The third-order valence-electron chi connectivity index (χ3n) is 5.45. The van der Waals surface area contributed by atoms with Crippen LogP contribution in [-0.2, 0) is 6.42 Å². The summed E-state index contributed by atoms with van der Waals surface area (Å²) in [5, 5.41) is 2.96. The average molecular weight is 439 g/mol. The summed E-state index contributed by atoms with van der Waals surface area (Å²) in [6, 6.07) is 19.3. The zero-order valence-corrected chi connectivity index (χ0v) is 18.9. The van der Waals surface area contributed by atoms with Gasteiger partial charge in [-0.25, -0.2) is 4.98 Å². The van der Waals surface area contributed by atoms with E-state index in [0.29, 0.717) is 5.56 Å². The number of nitrogens with one attached hydrogen (secondary N) is 1. The summed E-state index contributed by atoms with van der Waals surface area (Å²) < 4.78 is 5.32. The number of pyridine rings is 1. The number of aromatic nitrogens is 3. The van der Waals surface area contributed by atoms with Crippen LogP contribution in [0.4, 0.5) is 5.69 Å². The highest BCUT2D eigenvalue weighted by Gasteiger charge is 2.12. The summed E-state index contributed by atoms with van der Waals surface area (Å²) in [7, 11) is 1.65. The number of hydrogen-bond donors (Lipinski definition) is 1. The van der Waals surface area contributed by atoms with Crippen LogP contribution in [0, 0.1) is 6.92 Å². The lowest BCUT2D eigenvalue weighted by Crippen LogP contribution is -2.12. The van der Waals surface area contributed by atoms with Crippen molar-refractivity contribution in [3.8, 4) is 17.0 Å². The Morgan fingerprint density at radius 2 is 1.88 bits per heavy atom. The first-order valence-electron chi connectivity index (χ1n) is 10.8. The molecule has 2 aromatic carbocycles. The van der Waals surface area contributed by atoms with Crippen molar-refractivity contribution in [3.05, 3.63) is 102 Å². The Hall–Kier alpha value is -4.06. The van der Waals surface area contributed by atoms with Crippen molar-refractivity contribution in [2.45, 2.75) is 26.2 Å². The fourth-order valence-corrected chi connectivity index (χ4v) is 3.59. The second kappa shape index (κ2) is 10.0. The predicted octanol–water partition coefficient (Wildman–Crippen LogP) is 5.45. The van der Waals surface area contributed by atoms with Crippen LogP contribution in [0.1, 0.15) is 40.2 Å². The second-order valence-electron chi connectivity index (χ2n) is 8.00. The molecule has 1 amide bonds. The van der Waals surface area contributed by atoms with Gasteiger partial charge in [0.15, 0.2) is 0 Å². The molecule has 0 spiro atoms. The minimum Gasteiger partial charge on any atom is -0.497 e. The Bertz CT molecular complexity index is 1250. The van der Waals surface area contributed by atoms with Crippen LogP contribution >= 0.6 is 0 Å². The maximum atomic E-state index is 12.5. The van der Waals surface area contributed by atoms with Crippen molar-refractivity contribution >= 4 is 11.6 Å². The SMILES string of the molecule is COc1cccc(-c2cncc(C[C@@H](C)c3cccc(NC(=O)c4ccc(C)nc4)c3)n2)c1. The normalized spacial score (nSPS) is 11.6. The summed E-state index contributed by atoms with van der Waals surface area (Å²) in [5.74, 6) is 0.801. The molecule has 0 saturated carbocycles. The number of benzene rings is 2. The highest BCUT2D eigenvalue weighted by Crippen LogP contribution is 2.25. The first-order chi connectivity index (χ1) is 16.0. The molecular weight excluding hydrogens is 412 g/mol. The largest absolute Gasteiger partial charge is 0.497 e. The average Bonchev–Trinajstić information content (AvgIpc) is 2.85. The molecule has 4 rings (SSSR count). The third kappa shape index (κ3) is 5.60. The number of anilines is 1. The molecule has 0 fully saturated rings. The molecule has 0 saturated heterocycles. The topological polar surface area (TPSA) is 77.0 Å². The number of aryl methyl sites for hydroxylation is 1. The van der Waals surface area contributed by atoms with Gasteiger partial charge in [0.25, 0.3) is 5.91 Å². The highest BCUT2D eigenvalue weighted by molar-refractivity contribution is 6.04. The van der Waals surface area contributed by atoms with Gasteiger partial charge in [-0.2, -0.15) is 0 Å². The molecule has 0 radical (unpaired) electrons. The lowest BCUT2D eigenvalue weighted by atomic mass is 9.96. The van der Waals surface area contributed by atoms with E-state index in [2.05, 4.69) is 28.3 Å². The van der Waals surface area contributed by atoms with E-state index in [1.165, 1.54) is 0 Å². The van der Waals surface area contributed by atoms with Crippen molar-refractivity contribution < 1.29 is 9.53 Å². The van der Waals surface area contributed by atoms with E-state index in [4.69, 9.17) is 9.72 Å². The Morgan fingerprint density at radius 3 is 2.67 bits per heavy atom. The fourth-order valence-electron chi connectivity index (χ4n) is 3.59. The number of nitrogens with zero attached hydrogens (tertiary/aromatic N) is 3. The summed E-state index contributed by atoms with van der Waals surface area (Å²) in [4.78, 5) is 25.9. The van der Waals surface area contributed by atoms with E-state index >= 15 is 0 Å². The van der Waals surface area contributed by atoms with Gasteiger partial charge in [-0.1, -0.05) is 31.2 Å². The van der Waals surface area contributed by atoms with Crippen LogP contribution in [0.2, 0.25) is 0 Å². The van der Waals surface area contributed by atoms with Crippen LogP contribution < -0.4 is 10.1 Å². The quantitative estimate of drug-likeness (QED) is 0.415. The Balaban J connectivity index is 1.47. The summed E-state index contributed by atoms with van der Waals surface area (Å²) in [6.07, 6.45) is 5.88. The molecule has 4 aromatic rings. The molecule has 0 aliphatic heterocycles. The van der Waals surface area contributed by atoms with Crippen molar-refractivity contribution in [2.75, 3.05) is 12.4 Å². The van der Waals surface area contributed by atoms with Gasteiger partial charge in [-0.15, -0.1) is 0 Å². The first kappa shape index (κ1) is 22.1. The van der Waals surface area contributed by atoms with Gasteiger partial charge in [0.05, 0.1) is 30.3 Å². The second-order valence-corrected chi connectivity index (χ2v) is 8.00. The first-order valence-corrected chi connectivity index (χ1v) is 10.8. The molecule has 1 atom stereocenters. The van der Waals surface area contributed by atoms with Gasteiger partial charge in [0, 0.05) is 29.3 Å². The molecule has 33 heavy (non-hydrogen) atoms. The van der Waals surface area contributed by atoms with Gasteiger partial charge in [-0.05, 0) is 61.2 Å². The minimum absolute atomic E-state index is 0.177. The lowest BCUT2D eigenvalue weighted by molar-refractivity contribution is 0.102. The van der Waals surface area contributed by atoms with Crippen molar-refractivity contribution in [2.24, 2.45) is 0 Å². The summed E-state index contributed by atoms with van der Waals surface area (Å²) >= 11 is 0. The van der Waals surface area contributed by atoms with Gasteiger partial charge < -0.3 is 10.1 Å². The van der Waals surface area contributed by atoms with E-state index < -0.39 is 0 Å². The van der Waals surface area contributed by atoms with E-state index in [0.717, 1.165) is 46.1 Å². The van der Waals surface area contributed by atoms with Crippen LogP contribution in [0.3, 0.4) is 0 Å². The monoisotopic (exact) mass is 438 g/mol. The van der Waals surface area contributed by atoms with Crippen LogP contribution in [0.25, 0.3) is 11.3 Å². The summed E-state index contributed by atoms with van der Waals surface area (Å²) in [5.41, 5.74) is 5.95. The smallest absolute Gasteiger partial charge is 0.257 e. The van der Waals surface area contributed by atoms with Gasteiger partial charge in [0.1, 0.15) is 5.75 Å². The van der Waals surface area contributed by atoms with Crippen LogP contribution in [-0.4, -0.2) is 28.0 Å². The molecule has 166 valence electrons. The Labute approximate surface area is 193 Å². The standard InChI is InChI=1S/C27H26N4O2/c1-18(12-24-16-28-17-26(30-24)21-7-5-9-25(14-21)33-3)20-6-4-8-23(13-20)31-27(32)22-11-10-19(2)29-15-22/h4-11,13-18H,12H2,1-3H3,(H,31,32)/t18-/m1/s1. The number of carbonyl (C=O) groups excluding carboxylic acids is 1. The number of carbonyl (C=O) groups is 1. The number of ether oxygens (including phenoxy) is 1. The molecule has 0 unspecified atom stereocenters. The van der Waals surface area contributed by atoms with Gasteiger partial charge >= 0.3 is 0 Å². The molecule has 6 nitrogen and oxygen atoms in total. The van der Waals surface area contributed by atoms with Crippen molar-refractivity contribution in [1.29, 1.82) is 0 Å².